The Labute approximate surface area is 253 Å². The largest absolute Gasteiger partial charge is 0.492 e. The van der Waals surface area contributed by atoms with Crippen molar-refractivity contribution in [2.75, 3.05) is 27.2 Å². The summed E-state index contributed by atoms with van der Waals surface area (Å²) in [4.78, 5) is 32.8. The zero-order chi connectivity index (χ0) is 29.9. The normalized spacial score (nSPS) is 16.3. The first-order chi connectivity index (χ1) is 20.2. The summed E-state index contributed by atoms with van der Waals surface area (Å²) < 4.78 is 6.06. The van der Waals surface area contributed by atoms with E-state index in [1.54, 1.807) is 12.1 Å². The molecular weight excluding hydrogens is 550 g/mol. The van der Waals surface area contributed by atoms with Crippen molar-refractivity contribution in [3.8, 4) is 28.1 Å². The van der Waals surface area contributed by atoms with Gasteiger partial charge in [-0.25, -0.2) is 9.78 Å². The molecule has 0 radical (unpaired) electrons. The first-order valence-corrected chi connectivity index (χ1v) is 15.3. The van der Waals surface area contributed by atoms with Crippen LogP contribution in [0.1, 0.15) is 78.9 Å². The maximum absolute atomic E-state index is 13.5. The molecule has 7 nitrogen and oxygen atoms in total. The number of carboxylic acid groups (broad SMARTS) is 1. The molecule has 0 bridgehead atoms. The monoisotopic (exact) mass is 589 g/mol. The number of aromatic nitrogens is 1. The van der Waals surface area contributed by atoms with Gasteiger partial charge in [-0.2, -0.15) is 0 Å². The van der Waals surface area contributed by atoms with Crippen LogP contribution in [0.5, 0.6) is 5.75 Å². The van der Waals surface area contributed by atoms with Crippen LogP contribution in [0.15, 0.2) is 48.5 Å². The quantitative estimate of drug-likeness (QED) is 0.232. The van der Waals surface area contributed by atoms with Crippen LogP contribution in [0.3, 0.4) is 0 Å². The van der Waals surface area contributed by atoms with Crippen molar-refractivity contribution in [1.82, 2.24) is 15.2 Å². The van der Waals surface area contributed by atoms with Crippen molar-refractivity contribution in [1.29, 1.82) is 0 Å². The third kappa shape index (κ3) is 6.79. The van der Waals surface area contributed by atoms with Crippen LogP contribution in [-0.4, -0.2) is 59.7 Å². The Hall–Kier alpha value is -3.42. The molecule has 3 aromatic rings. The van der Waals surface area contributed by atoms with E-state index in [0.717, 1.165) is 54.5 Å². The standard InChI is InChI=1S/C34H40ClN3O4/c1-22-8-9-24(23-10-11-23)20-27(22)26-13-15-29(32(39)37-34(33(40)41)16-5-4-6-17-34)36-31(26)25-12-14-28(35)30(21-25)42-19-7-18-38(2)3/h8-9,12-15,20-21,23H,4-7,10-11,16-19H2,1-3H3,(H,37,39)(H,40,41). The van der Waals surface area contributed by atoms with E-state index in [9.17, 15) is 14.7 Å². The van der Waals surface area contributed by atoms with Crippen LogP contribution in [-0.2, 0) is 4.79 Å². The zero-order valence-electron chi connectivity index (χ0n) is 24.7. The second-order valence-corrected chi connectivity index (χ2v) is 12.4. The van der Waals surface area contributed by atoms with Gasteiger partial charge in [0.15, 0.2) is 0 Å². The first-order valence-electron chi connectivity index (χ1n) is 14.9. The molecule has 0 spiro atoms. The lowest BCUT2D eigenvalue weighted by Gasteiger charge is -2.33. The van der Waals surface area contributed by atoms with Crippen LogP contribution in [0.25, 0.3) is 22.4 Å². The summed E-state index contributed by atoms with van der Waals surface area (Å²) >= 11 is 6.53. The number of hydrogen-bond acceptors (Lipinski definition) is 5. The summed E-state index contributed by atoms with van der Waals surface area (Å²) in [5, 5.41) is 13.4. The minimum absolute atomic E-state index is 0.180. The van der Waals surface area contributed by atoms with Crippen molar-refractivity contribution in [3.05, 3.63) is 70.4 Å². The Morgan fingerprint density at radius 3 is 2.50 bits per heavy atom. The fourth-order valence-electron chi connectivity index (χ4n) is 5.78. The number of amides is 1. The topological polar surface area (TPSA) is 91.8 Å². The number of carbonyl (C=O) groups excluding carboxylic acids is 1. The SMILES string of the molecule is Cc1ccc(C2CC2)cc1-c1ccc(C(=O)NC2(C(=O)O)CCCCC2)nc1-c1ccc(Cl)c(OCCCN(C)C)c1. The molecule has 0 atom stereocenters. The fraction of sp³-hybridized carbons (Fsp3) is 0.441. The summed E-state index contributed by atoms with van der Waals surface area (Å²) in [7, 11) is 4.05. The van der Waals surface area contributed by atoms with Crippen LogP contribution in [0, 0.1) is 6.92 Å². The predicted octanol–water partition coefficient (Wildman–Crippen LogP) is 7.10. The van der Waals surface area contributed by atoms with Gasteiger partial charge in [0.25, 0.3) is 5.91 Å². The Balaban J connectivity index is 1.54. The number of halogens is 1. The van der Waals surface area contributed by atoms with Crippen LogP contribution in [0.4, 0.5) is 0 Å². The second kappa shape index (κ2) is 12.8. The van der Waals surface area contributed by atoms with E-state index in [4.69, 9.17) is 21.3 Å². The molecule has 2 aromatic carbocycles. The first kappa shape index (κ1) is 30.1. The Bertz CT molecular complexity index is 1460. The molecule has 1 heterocycles. The highest BCUT2D eigenvalue weighted by molar-refractivity contribution is 6.32. The number of nitrogens with zero attached hydrogens (tertiary/aromatic N) is 2. The Morgan fingerprint density at radius 2 is 1.81 bits per heavy atom. The summed E-state index contributed by atoms with van der Waals surface area (Å²) in [6, 6.07) is 15.8. The molecule has 1 aromatic heterocycles. The molecule has 1 amide bonds. The van der Waals surface area contributed by atoms with E-state index in [2.05, 4.69) is 35.3 Å². The molecule has 2 aliphatic rings. The van der Waals surface area contributed by atoms with Crippen molar-refractivity contribution < 1.29 is 19.4 Å². The van der Waals surface area contributed by atoms with Gasteiger partial charge in [-0.3, -0.25) is 4.79 Å². The van der Waals surface area contributed by atoms with Crippen LogP contribution in [0.2, 0.25) is 5.02 Å². The van der Waals surface area contributed by atoms with E-state index in [-0.39, 0.29) is 5.69 Å². The van der Waals surface area contributed by atoms with E-state index < -0.39 is 17.4 Å². The van der Waals surface area contributed by atoms with Crippen LogP contribution >= 0.6 is 11.6 Å². The molecule has 42 heavy (non-hydrogen) atoms. The van der Waals surface area contributed by atoms with Gasteiger partial charge >= 0.3 is 5.97 Å². The number of carboxylic acids is 1. The van der Waals surface area contributed by atoms with E-state index in [1.807, 2.05) is 32.3 Å². The molecule has 0 aliphatic heterocycles. The van der Waals surface area contributed by atoms with E-state index in [0.29, 0.717) is 41.8 Å². The van der Waals surface area contributed by atoms with Crippen molar-refractivity contribution in [2.24, 2.45) is 0 Å². The summed E-state index contributed by atoms with van der Waals surface area (Å²) in [6.45, 7) is 3.50. The smallest absolute Gasteiger partial charge is 0.329 e. The van der Waals surface area contributed by atoms with E-state index >= 15 is 0 Å². The fourth-order valence-corrected chi connectivity index (χ4v) is 5.95. The van der Waals surface area contributed by atoms with Gasteiger partial charge in [-0.1, -0.05) is 55.1 Å². The highest BCUT2D eigenvalue weighted by Gasteiger charge is 2.41. The number of aryl methyl sites for hydroxylation is 1. The van der Waals surface area contributed by atoms with Crippen molar-refractivity contribution >= 4 is 23.5 Å². The highest BCUT2D eigenvalue weighted by atomic mass is 35.5. The minimum atomic E-state index is -1.27. The number of nitrogens with one attached hydrogen (secondary N) is 1. The molecule has 2 saturated carbocycles. The van der Waals surface area contributed by atoms with Crippen molar-refractivity contribution in [2.45, 2.75) is 69.7 Å². The van der Waals surface area contributed by atoms with Gasteiger partial charge in [0.05, 0.1) is 17.3 Å². The predicted molar refractivity (Wildman–Crippen MR) is 166 cm³/mol. The average Bonchev–Trinajstić information content (AvgIpc) is 3.82. The summed E-state index contributed by atoms with van der Waals surface area (Å²) in [5.41, 5.74) is 4.70. The molecule has 2 N–H and O–H groups in total. The zero-order valence-corrected chi connectivity index (χ0v) is 25.5. The molecule has 222 valence electrons. The third-order valence-corrected chi connectivity index (χ3v) is 8.72. The maximum Gasteiger partial charge on any atom is 0.329 e. The number of ether oxygens (including phenoxy) is 1. The number of rotatable bonds is 11. The number of pyridine rings is 1. The Kier molecular flexibility index (Phi) is 9.19. The van der Waals surface area contributed by atoms with Gasteiger partial charge in [0, 0.05) is 17.7 Å². The molecule has 0 unspecified atom stereocenters. The minimum Gasteiger partial charge on any atom is -0.492 e. The van der Waals surface area contributed by atoms with Gasteiger partial charge in [-0.05, 0) is 100.0 Å². The molecule has 8 heteroatoms. The van der Waals surface area contributed by atoms with Gasteiger partial charge < -0.3 is 20.1 Å². The van der Waals surface area contributed by atoms with Gasteiger partial charge in [0.1, 0.15) is 17.0 Å². The molecule has 5 rings (SSSR count). The van der Waals surface area contributed by atoms with Gasteiger partial charge in [-0.15, -0.1) is 0 Å². The van der Waals surface area contributed by atoms with Crippen molar-refractivity contribution in [3.63, 3.8) is 0 Å². The number of hydrogen-bond donors (Lipinski definition) is 2. The number of carbonyl (C=O) groups is 2. The van der Waals surface area contributed by atoms with Gasteiger partial charge in [0.2, 0.25) is 0 Å². The molecular formula is C34H40ClN3O4. The maximum atomic E-state index is 13.5. The average molecular weight is 590 g/mol. The Morgan fingerprint density at radius 1 is 1.05 bits per heavy atom. The highest BCUT2D eigenvalue weighted by Crippen LogP contribution is 2.43. The molecule has 2 aliphatic carbocycles. The lowest BCUT2D eigenvalue weighted by Crippen LogP contribution is -2.55. The lowest BCUT2D eigenvalue weighted by molar-refractivity contribution is -0.145. The third-order valence-electron chi connectivity index (χ3n) is 8.41. The number of aliphatic carboxylic acids is 1. The summed E-state index contributed by atoms with van der Waals surface area (Å²) in [6.07, 6.45) is 6.58. The lowest BCUT2D eigenvalue weighted by atomic mass is 9.81. The van der Waals surface area contributed by atoms with Crippen LogP contribution < -0.4 is 10.1 Å². The molecule has 0 saturated heterocycles. The summed E-state index contributed by atoms with van der Waals surface area (Å²) in [5.74, 6) is -0.324. The molecule has 2 fully saturated rings. The van der Waals surface area contributed by atoms with E-state index in [1.165, 1.54) is 18.4 Å². The second-order valence-electron chi connectivity index (χ2n) is 12.0. The number of benzene rings is 2.